The number of hydrogen-bond acceptors (Lipinski definition) is 3. The van der Waals surface area contributed by atoms with Crippen molar-refractivity contribution in [2.24, 2.45) is 0 Å². The molecule has 1 amide bonds. The standard InChI is InChI=1S/C13H17NO4/c1-2-9-5-6-10(18-9)11(15)14-13(12(16)17)7-3-4-8-13/h5-6H,2-4,7-8H2,1H3,(H,14,15)(H,16,17). The van der Waals surface area contributed by atoms with Crippen LogP contribution in [0, 0.1) is 0 Å². The van der Waals surface area contributed by atoms with Gasteiger partial charge >= 0.3 is 5.97 Å². The Labute approximate surface area is 105 Å². The summed E-state index contributed by atoms with van der Waals surface area (Å²) in [6.45, 7) is 1.93. The quantitative estimate of drug-likeness (QED) is 0.857. The molecule has 1 aliphatic carbocycles. The third-order valence-electron chi connectivity index (χ3n) is 3.45. The van der Waals surface area contributed by atoms with Gasteiger partial charge in [0.05, 0.1) is 0 Å². The number of rotatable bonds is 4. The van der Waals surface area contributed by atoms with Gasteiger partial charge in [-0.05, 0) is 25.0 Å². The van der Waals surface area contributed by atoms with Crippen molar-refractivity contribution in [3.63, 3.8) is 0 Å². The first-order valence-electron chi connectivity index (χ1n) is 6.22. The summed E-state index contributed by atoms with van der Waals surface area (Å²) in [6, 6.07) is 3.32. The molecule has 5 heteroatoms. The summed E-state index contributed by atoms with van der Waals surface area (Å²) in [5.74, 6) is -0.509. The molecule has 0 aromatic carbocycles. The number of furan rings is 1. The SMILES string of the molecule is CCc1ccc(C(=O)NC2(C(=O)O)CCCC2)o1. The van der Waals surface area contributed by atoms with E-state index in [-0.39, 0.29) is 5.76 Å². The van der Waals surface area contributed by atoms with Crippen molar-refractivity contribution in [3.05, 3.63) is 23.7 Å². The Balaban J connectivity index is 2.12. The summed E-state index contributed by atoms with van der Waals surface area (Å²) >= 11 is 0. The van der Waals surface area contributed by atoms with Crippen LogP contribution in [0.5, 0.6) is 0 Å². The molecule has 0 bridgehead atoms. The highest BCUT2D eigenvalue weighted by molar-refractivity contribution is 5.96. The Morgan fingerprint density at radius 3 is 2.56 bits per heavy atom. The van der Waals surface area contributed by atoms with E-state index in [0.717, 1.165) is 18.6 Å². The predicted octanol–water partition coefficient (Wildman–Crippen LogP) is 1.97. The lowest BCUT2D eigenvalue weighted by atomic mass is 9.98. The largest absolute Gasteiger partial charge is 0.480 e. The van der Waals surface area contributed by atoms with Crippen LogP contribution in [0.4, 0.5) is 0 Å². The maximum atomic E-state index is 12.0. The Kier molecular flexibility index (Phi) is 3.41. The van der Waals surface area contributed by atoms with E-state index in [9.17, 15) is 14.7 Å². The van der Waals surface area contributed by atoms with Gasteiger partial charge in [-0.3, -0.25) is 4.79 Å². The lowest BCUT2D eigenvalue weighted by Gasteiger charge is -2.24. The lowest BCUT2D eigenvalue weighted by molar-refractivity contribution is -0.144. The molecule has 2 rings (SSSR count). The van der Waals surface area contributed by atoms with Gasteiger partial charge in [-0.1, -0.05) is 19.8 Å². The monoisotopic (exact) mass is 251 g/mol. The minimum atomic E-state index is -1.11. The second-order valence-corrected chi connectivity index (χ2v) is 4.67. The highest BCUT2D eigenvalue weighted by atomic mass is 16.4. The van der Waals surface area contributed by atoms with E-state index >= 15 is 0 Å². The van der Waals surface area contributed by atoms with Crippen molar-refractivity contribution in [1.29, 1.82) is 0 Å². The number of carbonyl (C=O) groups excluding carboxylic acids is 1. The molecular weight excluding hydrogens is 234 g/mol. The van der Waals surface area contributed by atoms with Gasteiger partial charge in [-0.15, -0.1) is 0 Å². The van der Waals surface area contributed by atoms with E-state index in [1.807, 2.05) is 6.92 Å². The Hall–Kier alpha value is -1.78. The van der Waals surface area contributed by atoms with Gasteiger partial charge in [0.2, 0.25) is 0 Å². The maximum absolute atomic E-state index is 12.0. The van der Waals surface area contributed by atoms with E-state index in [1.165, 1.54) is 0 Å². The molecule has 5 nitrogen and oxygen atoms in total. The third-order valence-corrected chi connectivity index (χ3v) is 3.45. The second-order valence-electron chi connectivity index (χ2n) is 4.67. The average Bonchev–Trinajstić information content (AvgIpc) is 2.97. The molecule has 1 saturated carbocycles. The maximum Gasteiger partial charge on any atom is 0.329 e. The predicted molar refractivity (Wildman–Crippen MR) is 64.4 cm³/mol. The summed E-state index contributed by atoms with van der Waals surface area (Å²) in [5, 5.41) is 11.9. The molecule has 0 radical (unpaired) electrons. The summed E-state index contributed by atoms with van der Waals surface area (Å²) < 4.78 is 5.32. The first-order chi connectivity index (χ1) is 8.57. The van der Waals surface area contributed by atoms with E-state index in [2.05, 4.69) is 5.32 Å². The number of aryl methyl sites for hydroxylation is 1. The molecule has 1 heterocycles. The van der Waals surface area contributed by atoms with Gasteiger partial charge in [0, 0.05) is 6.42 Å². The van der Waals surface area contributed by atoms with Crippen LogP contribution in [-0.4, -0.2) is 22.5 Å². The number of carboxylic acids is 1. The molecule has 0 atom stereocenters. The van der Waals surface area contributed by atoms with Gasteiger partial charge in [-0.2, -0.15) is 0 Å². The van der Waals surface area contributed by atoms with Crippen molar-refractivity contribution in [2.45, 2.75) is 44.6 Å². The molecule has 98 valence electrons. The minimum Gasteiger partial charge on any atom is -0.480 e. The highest BCUT2D eigenvalue weighted by Crippen LogP contribution is 2.30. The third kappa shape index (κ3) is 2.25. The van der Waals surface area contributed by atoms with Gasteiger partial charge in [0.15, 0.2) is 5.76 Å². The fourth-order valence-corrected chi connectivity index (χ4v) is 2.34. The zero-order valence-corrected chi connectivity index (χ0v) is 10.4. The number of nitrogens with one attached hydrogen (secondary N) is 1. The summed E-state index contributed by atoms with van der Waals surface area (Å²) in [7, 11) is 0. The second kappa shape index (κ2) is 4.84. The summed E-state index contributed by atoms with van der Waals surface area (Å²) in [6.07, 6.45) is 3.32. The van der Waals surface area contributed by atoms with Crippen molar-refractivity contribution in [1.82, 2.24) is 5.32 Å². The number of aliphatic carboxylic acids is 1. The molecule has 18 heavy (non-hydrogen) atoms. The molecule has 1 aromatic rings. The summed E-state index contributed by atoms with van der Waals surface area (Å²) in [4.78, 5) is 23.3. The molecule has 2 N–H and O–H groups in total. The van der Waals surface area contributed by atoms with Crippen LogP contribution >= 0.6 is 0 Å². The molecule has 1 aromatic heterocycles. The molecule has 0 unspecified atom stereocenters. The van der Waals surface area contributed by atoms with Gasteiger partial charge in [0.25, 0.3) is 5.91 Å². The normalized spacial score (nSPS) is 17.6. The van der Waals surface area contributed by atoms with Crippen LogP contribution in [0.3, 0.4) is 0 Å². The molecule has 0 aliphatic heterocycles. The van der Waals surface area contributed by atoms with Crippen molar-refractivity contribution in [3.8, 4) is 0 Å². The number of carboxylic acid groups (broad SMARTS) is 1. The van der Waals surface area contributed by atoms with E-state index in [0.29, 0.717) is 19.3 Å². The Morgan fingerprint density at radius 1 is 1.39 bits per heavy atom. The van der Waals surface area contributed by atoms with Crippen LogP contribution in [0.15, 0.2) is 16.5 Å². The van der Waals surface area contributed by atoms with E-state index < -0.39 is 17.4 Å². The first kappa shape index (κ1) is 12.7. The Bertz CT molecular complexity index is 457. The van der Waals surface area contributed by atoms with Crippen molar-refractivity contribution >= 4 is 11.9 Å². The molecule has 0 spiro atoms. The van der Waals surface area contributed by atoms with Crippen molar-refractivity contribution < 1.29 is 19.1 Å². The van der Waals surface area contributed by atoms with Gasteiger partial charge < -0.3 is 14.8 Å². The number of carbonyl (C=O) groups is 2. The zero-order chi connectivity index (χ0) is 13.2. The van der Waals surface area contributed by atoms with Crippen LogP contribution in [0.25, 0.3) is 0 Å². The molecule has 1 aliphatic rings. The first-order valence-corrected chi connectivity index (χ1v) is 6.22. The molecular formula is C13H17NO4. The topological polar surface area (TPSA) is 79.5 Å². The van der Waals surface area contributed by atoms with Crippen molar-refractivity contribution in [2.75, 3.05) is 0 Å². The molecule has 0 saturated heterocycles. The lowest BCUT2D eigenvalue weighted by Crippen LogP contribution is -2.52. The average molecular weight is 251 g/mol. The number of hydrogen-bond donors (Lipinski definition) is 2. The summed E-state index contributed by atoms with van der Waals surface area (Å²) in [5.41, 5.74) is -1.11. The van der Waals surface area contributed by atoms with Gasteiger partial charge in [0.1, 0.15) is 11.3 Å². The zero-order valence-electron chi connectivity index (χ0n) is 10.4. The fourth-order valence-electron chi connectivity index (χ4n) is 2.34. The Morgan fingerprint density at radius 2 is 2.06 bits per heavy atom. The van der Waals surface area contributed by atoms with E-state index in [1.54, 1.807) is 12.1 Å². The van der Waals surface area contributed by atoms with Crippen LogP contribution < -0.4 is 5.32 Å². The minimum absolute atomic E-state index is 0.180. The number of amides is 1. The highest BCUT2D eigenvalue weighted by Gasteiger charge is 2.43. The van der Waals surface area contributed by atoms with Crippen LogP contribution in [0.2, 0.25) is 0 Å². The fraction of sp³-hybridized carbons (Fsp3) is 0.538. The smallest absolute Gasteiger partial charge is 0.329 e. The van der Waals surface area contributed by atoms with Crippen LogP contribution in [0.1, 0.15) is 48.9 Å². The van der Waals surface area contributed by atoms with Gasteiger partial charge in [-0.25, -0.2) is 4.79 Å². The van der Waals surface area contributed by atoms with E-state index in [4.69, 9.17) is 4.42 Å². The molecule has 1 fully saturated rings. The van der Waals surface area contributed by atoms with Crippen LogP contribution in [-0.2, 0) is 11.2 Å².